The third kappa shape index (κ3) is 42.4. The Morgan fingerprint density at radius 2 is 0.465 bits per heavy atom. The minimum Gasteiger partial charge on any atom is -0.157 e. The zero-order valence-electron chi connectivity index (χ0n) is 30.6. The highest BCUT2D eigenvalue weighted by Crippen LogP contribution is 2.19. The van der Waals surface area contributed by atoms with Gasteiger partial charge in [-0.15, -0.1) is 0 Å². The van der Waals surface area contributed by atoms with Crippen LogP contribution in [-0.2, 0) is 0 Å². The fraction of sp³-hybridized carbons (Fsp3) is 0.976. The molecule has 0 aromatic carbocycles. The molecule has 0 rings (SSSR count). The summed E-state index contributed by atoms with van der Waals surface area (Å²) in [6, 6.07) is 0. The fourth-order valence-corrected chi connectivity index (χ4v) is 7.43. The van der Waals surface area contributed by atoms with Crippen molar-refractivity contribution in [1.29, 1.82) is 0 Å². The molecular formula is C42H85S. The van der Waals surface area contributed by atoms with Crippen LogP contribution in [0.2, 0.25) is 0 Å². The third-order valence-electron chi connectivity index (χ3n) is 9.66. The van der Waals surface area contributed by atoms with Crippen LogP contribution < -0.4 is 0 Å². The van der Waals surface area contributed by atoms with Gasteiger partial charge in [-0.3, -0.25) is 0 Å². The molecule has 0 aliphatic carbocycles. The van der Waals surface area contributed by atoms with Crippen molar-refractivity contribution >= 4 is 11.8 Å². The SMILES string of the molecule is CCCCCCCCCCCCCCCCCCCCCCC[CH]SCCCCCCCCCCCCCCCCCC. The Balaban J connectivity index is 3.02. The minimum absolute atomic E-state index is 1.34. The summed E-state index contributed by atoms with van der Waals surface area (Å²) in [6.45, 7) is 4.62. The predicted molar refractivity (Wildman–Crippen MR) is 204 cm³/mol. The molecule has 43 heavy (non-hydrogen) atoms. The van der Waals surface area contributed by atoms with Crippen molar-refractivity contribution in [2.45, 2.75) is 258 Å². The van der Waals surface area contributed by atoms with Gasteiger partial charge in [-0.25, -0.2) is 0 Å². The number of hydrogen-bond acceptors (Lipinski definition) is 1. The molecule has 0 aromatic rings. The molecule has 0 spiro atoms. The van der Waals surface area contributed by atoms with E-state index in [0.29, 0.717) is 0 Å². The molecule has 0 atom stereocenters. The van der Waals surface area contributed by atoms with Crippen LogP contribution in [-0.4, -0.2) is 5.75 Å². The lowest BCUT2D eigenvalue weighted by Crippen LogP contribution is -1.85. The molecule has 1 radical (unpaired) electrons. The first-order valence-corrected chi connectivity index (χ1v) is 21.9. The predicted octanol–water partition coefficient (Wildman–Crippen LogP) is 16.7. The number of unbranched alkanes of at least 4 members (excludes halogenated alkanes) is 36. The van der Waals surface area contributed by atoms with Gasteiger partial charge in [0.05, 0.1) is 0 Å². The third-order valence-corrected chi connectivity index (χ3v) is 10.7. The van der Waals surface area contributed by atoms with Crippen LogP contribution in [0.1, 0.15) is 258 Å². The second-order valence-corrected chi connectivity index (χ2v) is 15.3. The molecule has 0 amide bonds. The van der Waals surface area contributed by atoms with Crippen LogP contribution in [0.5, 0.6) is 0 Å². The van der Waals surface area contributed by atoms with Gasteiger partial charge >= 0.3 is 0 Å². The maximum atomic E-state index is 2.51. The Morgan fingerprint density at radius 1 is 0.256 bits per heavy atom. The highest BCUT2D eigenvalue weighted by atomic mass is 32.2. The van der Waals surface area contributed by atoms with E-state index in [1.165, 1.54) is 250 Å². The highest BCUT2D eigenvalue weighted by molar-refractivity contribution is 8.01. The van der Waals surface area contributed by atoms with E-state index in [-0.39, 0.29) is 0 Å². The van der Waals surface area contributed by atoms with Gasteiger partial charge in [-0.1, -0.05) is 245 Å². The molecule has 0 unspecified atom stereocenters. The molecule has 0 aliphatic rings. The summed E-state index contributed by atoms with van der Waals surface area (Å²) in [5.74, 6) is 3.87. The molecule has 259 valence electrons. The van der Waals surface area contributed by atoms with Gasteiger partial charge in [0.15, 0.2) is 0 Å². The number of hydrogen-bond donors (Lipinski definition) is 0. The first-order chi connectivity index (χ1) is 21.4. The first kappa shape index (κ1) is 43.4. The lowest BCUT2D eigenvalue weighted by molar-refractivity contribution is 0.520. The zero-order valence-corrected chi connectivity index (χ0v) is 31.4. The smallest absolute Gasteiger partial charge is 0.0166 e. The monoisotopic (exact) mass is 622 g/mol. The number of rotatable bonds is 40. The van der Waals surface area contributed by atoms with Gasteiger partial charge in [0.25, 0.3) is 0 Å². The molecule has 1 heteroatoms. The van der Waals surface area contributed by atoms with E-state index in [1.54, 1.807) is 0 Å². The Hall–Kier alpha value is 0.350. The molecular weight excluding hydrogens is 537 g/mol. The lowest BCUT2D eigenvalue weighted by Gasteiger charge is -2.05. The van der Waals surface area contributed by atoms with Gasteiger partial charge in [0.1, 0.15) is 0 Å². The van der Waals surface area contributed by atoms with Crippen LogP contribution in [0.15, 0.2) is 0 Å². The summed E-state index contributed by atoms with van der Waals surface area (Å²) in [4.78, 5) is 0. The summed E-state index contributed by atoms with van der Waals surface area (Å²) in [7, 11) is 0. The Kier molecular flexibility index (Phi) is 42.7. The Morgan fingerprint density at radius 3 is 0.721 bits per heavy atom. The van der Waals surface area contributed by atoms with Crippen LogP contribution in [0, 0.1) is 5.75 Å². The lowest BCUT2D eigenvalue weighted by atomic mass is 10.0. The topological polar surface area (TPSA) is 0 Å². The summed E-state index contributed by atoms with van der Waals surface area (Å²) < 4.78 is 0. The summed E-state index contributed by atoms with van der Waals surface area (Å²) in [5.41, 5.74) is 0. The van der Waals surface area contributed by atoms with E-state index in [9.17, 15) is 0 Å². The largest absolute Gasteiger partial charge is 0.157 e. The Bertz CT molecular complexity index is 406. The molecule has 0 aromatic heterocycles. The highest BCUT2D eigenvalue weighted by Gasteiger charge is 1.98. The van der Waals surface area contributed by atoms with E-state index in [0.717, 1.165) is 0 Å². The van der Waals surface area contributed by atoms with Crippen molar-refractivity contribution in [2.24, 2.45) is 0 Å². The normalized spacial score (nSPS) is 11.6. The van der Waals surface area contributed by atoms with Crippen LogP contribution >= 0.6 is 11.8 Å². The quantitative estimate of drug-likeness (QED) is 0.0613. The molecule has 0 bridgehead atoms. The van der Waals surface area contributed by atoms with Crippen LogP contribution in [0.25, 0.3) is 0 Å². The van der Waals surface area contributed by atoms with Crippen molar-refractivity contribution in [3.8, 4) is 0 Å². The summed E-state index contributed by atoms with van der Waals surface area (Å²) >= 11 is 2.11. The molecule has 0 aliphatic heterocycles. The van der Waals surface area contributed by atoms with E-state index >= 15 is 0 Å². The minimum atomic E-state index is 1.34. The van der Waals surface area contributed by atoms with Crippen molar-refractivity contribution < 1.29 is 0 Å². The van der Waals surface area contributed by atoms with Gasteiger partial charge in [-0.2, -0.15) is 11.8 Å². The van der Waals surface area contributed by atoms with Crippen molar-refractivity contribution in [1.82, 2.24) is 0 Å². The standard InChI is InChI=1S/C42H85S/c1-3-5-7-9-11-13-15-17-19-21-22-23-24-25-26-28-30-32-34-36-38-40-42-43-41-39-37-35-33-31-29-27-20-18-16-14-12-10-8-6-4-2/h42H,3-41H2,1-2H3. The van der Waals surface area contributed by atoms with E-state index in [4.69, 9.17) is 0 Å². The maximum Gasteiger partial charge on any atom is 0.0166 e. The second kappa shape index (κ2) is 42.3. The molecule has 0 saturated heterocycles. The molecule has 0 saturated carbocycles. The molecule has 0 nitrogen and oxygen atoms in total. The summed E-state index contributed by atoms with van der Waals surface area (Å²) in [5, 5.41) is 0. The maximum absolute atomic E-state index is 2.51. The average Bonchev–Trinajstić information content (AvgIpc) is 3.02. The number of thioether (sulfide) groups is 1. The van der Waals surface area contributed by atoms with E-state index < -0.39 is 0 Å². The van der Waals surface area contributed by atoms with Crippen molar-refractivity contribution in [3.63, 3.8) is 0 Å². The van der Waals surface area contributed by atoms with E-state index in [2.05, 4.69) is 31.4 Å². The van der Waals surface area contributed by atoms with Crippen molar-refractivity contribution in [2.75, 3.05) is 5.75 Å². The zero-order chi connectivity index (χ0) is 31.0. The second-order valence-electron chi connectivity index (χ2n) is 14.2. The average molecular weight is 622 g/mol. The fourth-order valence-electron chi connectivity index (χ4n) is 6.56. The first-order valence-electron chi connectivity index (χ1n) is 20.8. The molecule has 0 heterocycles. The molecule has 0 fully saturated rings. The van der Waals surface area contributed by atoms with Crippen LogP contribution in [0.4, 0.5) is 0 Å². The Labute approximate surface area is 280 Å². The van der Waals surface area contributed by atoms with Gasteiger partial charge in [0, 0.05) is 5.75 Å². The van der Waals surface area contributed by atoms with Gasteiger partial charge < -0.3 is 0 Å². The van der Waals surface area contributed by atoms with Gasteiger partial charge in [0.2, 0.25) is 0 Å². The van der Waals surface area contributed by atoms with Crippen LogP contribution in [0.3, 0.4) is 0 Å². The van der Waals surface area contributed by atoms with E-state index in [1.807, 2.05) is 0 Å². The van der Waals surface area contributed by atoms with Crippen molar-refractivity contribution in [3.05, 3.63) is 5.75 Å². The van der Waals surface area contributed by atoms with Gasteiger partial charge in [-0.05, 0) is 18.6 Å². The summed E-state index contributed by atoms with van der Waals surface area (Å²) in [6.07, 6.45) is 55.7. The molecule has 0 N–H and O–H groups in total.